The van der Waals surface area contributed by atoms with Gasteiger partial charge in [0.25, 0.3) is 0 Å². The van der Waals surface area contributed by atoms with E-state index in [-0.39, 0.29) is 0 Å². The van der Waals surface area contributed by atoms with E-state index < -0.39 is 5.60 Å². The highest BCUT2D eigenvalue weighted by Gasteiger charge is 2.32. The minimum absolute atomic E-state index is 0.627. The molecule has 1 fully saturated rings. The molecule has 23 heavy (non-hydrogen) atoms. The number of rotatable bonds is 3. The van der Waals surface area contributed by atoms with Crippen LogP contribution < -0.4 is 4.74 Å². The molecule has 122 valence electrons. The van der Waals surface area contributed by atoms with E-state index in [1.165, 1.54) is 6.42 Å². The Morgan fingerprint density at radius 2 is 1.57 bits per heavy atom. The number of carbonyl (C=O) groups excluding carboxylic acids is 1. The van der Waals surface area contributed by atoms with Crippen LogP contribution in [-0.2, 0) is 5.60 Å². The first-order chi connectivity index (χ1) is 11.2. The molecule has 0 aliphatic heterocycles. The van der Waals surface area contributed by atoms with E-state index in [1.807, 2.05) is 48.5 Å². The van der Waals surface area contributed by atoms with E-state index in [1.54, 1.807) is 13.2 Å². The molecule has 1 aliphatic carbocycles. The zero-order valence-corrected chi connectivity index (χ0v) is 13.6. The average molecular weight is 312 g/mol. The summed E-state index contributed by atoms with van der Waals surface area (Å²) in [5.41, 5.74) is 0.664. The number of benzene rings is 2. The Balaban J connectivity index is 0.000000203. The molecule has 0 saturated heterocycles. The van der Waals surface area contributed by atoms with Crippen LogP contribution in [0.5, 0.6) is 5.75 Å². The van der Waals surface area contributed by atoms with Crippen molar-refractivity contribution in [3.63, 3.8) is 0 Å². The maximum absolute atomic E-state index is 10.9. The number of ether oxygens (including phenoxy) is 1. The van der Waals surface area contributed by atoms with Crippen molar-refractivity contribution < 1.29 is 14.6 Å². The fourth-order valence-electron chi connectivity index (χ4n) is 2.99. The standard InChI is InChI=1S/C13H16O2.C7H8O/c14-10-11-6-2-3-7-12(11)13(15)8-4-1-5-9-13;1-8-7-5-3-2-4-6-7/h2-3,6-7,10,15H,1,4-5,8-9H2;2-6H,1H3. The van der Waals surface area contributed by atoms with Crippen molar-refractivity contribution >= 4 is 6.29 Å². The van der Waals surface area contributed by atoms with E-state index in [0.717, 1.165) is 43.3 Å². The van der Waals surface area contributed by atoms with Crippen LogP contribution in [0.1, 0.15) is 48.0 Å². The first-order valence-corrected chi connectivity index (χ1v) is 8.06. The monoisotopic (exact) mass is 312 g/mol. The van der Waals surface area contributed by atoms with E-state index in [0.29, 0.717) is 5.56 Å². The molecular weight excluding hydrogens is 288 g/mol. The van der Waals surface area contributed by atoms with Gasteiger partial charge in [-0.2, -0.15) is 0 Å². The summed E-state index contributed by atoms with van der Waals surface area (Å²) in [6.45, 7) is 0. The van der Waals surface area contributed by atoms with Gasteiger partial charge in [0.1, 0.15) is 12.0 Å². The predicted molar refractivity (Wildman–Crippen MR) is 91.8 cm³/mol. The van der Waals surface area contributed by atoms with E-state index in [4.69, 9.17) is 4.74 Å². The number of hydrogen-bond acceptors (Lipinski definition) is 3. The summed E-state index contributed by atoms with van der Waals surface area (Å²) >= 11 is 0. The number of hydrogen-bond donors (Lipinski definition) is 1. The SMILES string of the molecule is COc1ccccc1.O=Cc1ccccc1C1(O)CCCCC1. The molecule has 0 heterocycles. The summed E-state index contributed by atoms with van der Waals surface area (Å²) in [5, 5.41) is 10.5. The molecular formula is C20H24O3. The minimum Gasteiger partial charge on any atom is -0.497 e. The second kappa shape index (κ2) is 8.49. The quantitative estimate of drug-likeness (QED) is 0.857. The van der Waals surface area contributed by atoms with Crippen molar-refractivity contribution in [1.29, 1.82) is 0 Å². The van der Waals surface area contributed by atoms with Crippen molar-refractivity contribution in [2.75, 3.05) is 7.11 Å². The Labute approximate surface area is 137 Å². The molecule has 0 spiro atoms. The molecule has 0 atom stereocenters. The highest BCUT2D eigenvalue weighted by Crippen LogP contribution is 2.37. The van der Waals surface area contributed by atoms with Gasteiger partial charge in [-0.15, -0.1) is 0 Å². The summed E-state index contributed by atoms with van der Waals surface area (Å²) in [6, 6.07) is 17.0. The topological polar surface area (TPSA) is 46.5 Å². The van der Waals surface area contributed by atoms with Crippen molar-refractivity contribution in [3.05, 3.63) is 65.7 Å². The van der Waals surface area contributed by atoms with E-state index in [9.17, 15) is 9.90 Å². The summed E-state index contributed by atoms with van der Waals surface area (Å²) in [4.78, 5) is 10.9. The van der Waals surface area contributed by atoms with E-state index >= 15 is 0 Å². The lowest BCUT2D eigenvalue weighted by Gasteiger charge is -2.33. The number of para-hydroxylation sites is 1. The lowest BCUT2D eigenvalue weighted by molar-refractivity contribution is -0.00113. The summed E-state index contributed by atoms with van der Waals surface area (Å²) in [5.74, 6) is 0.910. The van der Waals surface area contributed by atoms with Gasteiger partial charge in [0, 0.05) is 5.56 Å². The predicted octanol–water partition coefficient (Wildman–Crippen LogP) is 4.35. The Bertz CT molecular complexity index is 601. The van der Waals surface area contributed by atoms with Gasteiger partial charge in [-0.3, -0.25) is 4.79 Å². The van der Waals surface area contributed by atoms with Gasteiger partial charge in [-0.25, -0.2) is 0 Å². The van der Waals surface area contributed by atoms with Crippen LogP contribution in [0.25, 0.3) is 0 Å². The molecule has 0 bridgehead atoms. The molecule has 0 aromatic heterocycles. The number of carbonyl (C=O) groups is 1. The molecule has 0 radical (unpaired) electrons. The number of aldehydes is 1. The largest absolute Gasteiger partial charge is 0.497 e. The fraction of sp³-hybridized carbons (Fsp3) is 0.350. The molecule has 1 saturated carbocycles. The molecule has 0 amide bonds. The van der Waals surface area contributed by atoms with Crippen LogP contribution in [0.2, 0.25) is 0 Å². The lowest BCUT2D eigenvalue weighted by atomic mass is 9.78. The third-order valence-corrected chi connectivity index (χ3v) is 4.25. The van der Waals surface area contributed by atoms with Crippen molar-refractivity contribution in [2.45, 2.75) is 37.7 Å². The molecule has 0 unspecified atom stereocenters. The zero-order valence-electron chi connectivity index (χ0n) is 13.6. The Kier molecular flexibility index (Phi) is 6.36. The molecule has 3 nitrogen and oxygen atoms in total. The molecule has 3 heteroatoms. The van der Waals surface area contributed by atoms with Gasteiger partial charge in [0.2, 0.25) is 0 Å². The van der Waals surface area contributed by atoms with Crippen LogP contribution in [-0.4, -0.2) is 18.5 Å². The molecule has 1 aliphatic rings. The van der Waals surface area contributed by atoms with Crippen molar-refractivity contribution in [2.24, 2.45) is 0 Å². The number of methoxy groups -OCH3 is 1. The summed E-state index contributed by atoms with van der Waals surface area (Å²) in [6.07, 6.45) is 5.66. The Hall–Kier alpha value is -2.13. The molecule has 1 N–H and O–H groups in total. The molecule has 3 rings (SSSR count). The lowest BCUT2D eigenvalue weighted by Crippen LogP contribution is -2.29. The van der Waals surface area contributed by atoms with Crippen molar-refractivity contribution in [1.82, 2.24) is 0 Å². The highest BCUT2D eigenvalue weighted by molar-refractivity contribution is 5.77. The van der Waals surface area contributed by atoms with Gasteiger partial charge < -0.3 is 9.84 Å². The van der Waals surface area contributed by atoms with Crippen LogP contribution in [0, 0.1) is 0 Å². The Morgan fingerprint density at radius 1 is 0.957 bits per heavy atom. The first kappa shape index (κ1) is 17.2. The number of aliphatic hydroxyl groups is 1. The molecule has 2 aromatic rings. The van der Waals surface area contributed by atoms with Gasteiger partial charge in [-0.1, -0.05) is 61.7 Å². The maximum Gasteiger partial charge on any atom is 0.150 e. The first-order valence-electron chi connectivity index (χ1n) is 8.06. The third-order valence-electron chi connectivity index (χ3n) is 4.25. The van der Waals surface area contributed by atoms with Crippen LogP contribution in [0.15, 0.2) is 54.6 Å². The average Bonchev–Trinajstić information content (AvgIpc) is 2.63. The van der Waals surface area contributed by atoms with Crippen LogP contribution in [0.4, 0.5) is 0 Å². The van der Waals surface area contributed by atoms with Crippen molar-refractivity contribution in [3.8, 4) is 5.75 Å². The normalized spacial score (nSPS) is 15.9. The zero-order chi connectivity index (χ0) is 16.5. The van der Waals surface area contributed by atoms with Gasteiger partial charge in [0.05, 0.1) is 12.7 Å². The van der Waals surface area contributed by atoms with E-state index in [2.05, 4.69) is 0 Å². The summed E-state index contributed by atoms with van der Waals surface area (Å²) < 4.78 is 4.91. The smallest absolute Gasteiger partial charge is 0.150 e. The maximum atomic E-state index is 10.9. The second-order valence-corrected chi connectivity index (χ2v) is 5.81. The summed E-state index contributed by atoms with van der Waals surface area (Å²) in [7, 11) is 1.66. The van der Waals surface area contributed by atoms with Gasteiger partial charge in [-0.05, 0) is 30.5 Å². The van der Waals surface area contributed by atoms with Crippen LogP contribution in [0.3, 0.4) is 0 Å². The van der Waals surface area contributed by atoms with Crippen LogP contribution >= 0.6 is 0 Å². The Morgan fingerprint density at radius 3 is 2.13 bits per heavy atom. The third kappa shape index (κ3) is 4.67. The minimum atomic E-state index is -0.768. The van der Waals surface area contributed by atoms with Gasteiger partial charge in [0.15, 0.2) is 0 Å². The second-order valence-electron chi connectivity index (χ2n) is 5.81. The van der Waals surface area contributed by atoms with Gasteiger partial charge >= 0.3 is 0 Å². The highest BCUT2D eigenvalue weighted by atomic mass is 16.5. The fourth-order valence-corrected chi connectivity index (χ4v) is 2.99. The molecule has 2 aromatic carbocycles.